The number of aliphatic carboxylic acids is 1. The first-order valence-electron chi connectivity index (χ1n) is 7.48. The molecule has 0 fully saturated rings. The van der Waals surface area contributed by atoms with E-state index in [1.54, 1.807) is 0 Å². The van der Waals surface area contributed by atoms with Crippen molar-refractivity contribution < 1.29 is 14.6 Å². The largest absolute Gasteiger partial charge is 0.479 e. The molecule has 3 nitrogen and oxygen atoms in total. The molecule has 1 atom stereocenters. The maximum atomic E-state index is 10.7. The van der Waals surface area contributed by atoms with Crippen LogP contribution in [0.2, 0.25) is 0 Å². The Morgan fingerprint density at radius 1 is 0.944 bits per heavy atom. The number of unbranched alkanes of at least 4 members (excludes halogenated alkanes) is 9. The summed E-state index contributed by atoms with van der Waals surface area (Å²) in [6.45, 7) is 2.24. The molecule has 0 rings (SSSR count). The maximum absolute atomic E-state index is 10.7. The van der Waals surface area contributed by atoms with E-state index in [0.717, 1.165) is 12.8 Å². The average molecular weight is 258 g/mol. The third-order valence-electron chi connectivity index (χ3n) is 3.38. The first-order chi connectivity index (χ1) is 8.72. The predicted molar refractivity (Wildman–Crippen MR) is 74.9 cm³/mol. The lowest BCUT2D eigenvalue weighted by atomic mass is 10.0. The van der Waals surface area contributed by atoms with Crippen molar-refractivity contribution in [1.82, 2.24) is 0 Å². The summed E-state index contributed by atoms with van der Waals surface area (Å²) in [6.07, 6.45) is 12.7. The van der Waals surface area contributed by atoms with E-state index in [9.17, 15) is 4.79 Å². The van der Waals surface area contributed by atoms with Gasteiger partial charge in [-0.25, -0.2) is 4.79 Å². The average Bonchev–Trinajstić information content (AvgIpc) is 2.35. The highest BCUT2D eigenvalue weighted by Crippen LogP contribution is 2.12. The van der Waals surface area contributed by atoms with Gasteiger partial charge in [-0.05, 0) is 6.42 Å². The zero-order valence-electron chi connectivity index (χ0n) is 12.1. The topological polar surface area (TPSA) is 46.5 Å². The molecular weight excluding hydrogens is 228 g/mol. The van der Waals surface area contributed by atoms with E-state index in [2.05, 4.69) is 6.92 Å². The summed E-state index contributed by atoms with van der Waals surface area (Å²) in [5.41, 5.74) is 0. The summed E-state index contributed by atoms with van der Waals surface area (Å²) in [5.74, 6) is -0.839. The molecule has 0 aliphatic carbocycles. The molecule has 0 saturated carbocycles. The first kappa shape index (κ1) is 17.4. The number of methoxy groups -OCH3 is 1. The molecule has 0 radical (unpaired) electrons. The molecule has 0 heterocycles. The highest BCUT2D eigenvalue weighted by Gasteiger charge is 2.14. The van der Waals surface area contributed by atoms with Crippen LogP contribution in [0.15, 0.2) is 0 Å². The Morgan fingerprint density at radius 2 is 1.39 bits per heavy atom. The SMILES string of the molecule is CCCCCCCCCCCCC(OC)C(=O)O. The van der Waals surface area contributed by atoms with Crippen molar-refractivity contribution in [3.8, 4) is 0 Å². The number of carboxylic acids is 1. The number of carbonyl (C=O) groups is 1. The van der Waals surface area contributed by atoms with Gasteiger partial charge in [-0.2, -0.15) is 0 Å². The van der Waals surface area contributed by atoms with Gasteiger partial charge < -0.3 is 9.84 Å². The molecule has 0 saturated heterocycles. The number of hydrogen-bond donors (Lipinski definition) is 1. The zero-order chi connectivity index (χ0) is 13.6. The fourth-order valence-corrected chi connectivity index (χ4v) is 2.16. The fraction of sp³-hybridized carbons (Fsp3) is 0.933. The second kappa shape index (κ2) is 12.9. The van der Waals surface area contributed by atoms with Crippen molar-refractivity contribution in [1.29, 1.82) is 0 Å². The van der Waals surface area contributed by atoms with Gasteiger partial charge in [-0.3, -0.25) is 0 Å². The van der Waals surface area contributed by atoms with E-state index >= 15 is 0 Å². The number of rotatable bonds is 13. The molecule has 108 valence electrons. The lowest BCUT2D eigenvalue weighted by Crippen LogP contribution is -2.21. The smallest absolute Gasteiger partial charge is 0.332 e. The molecule has 0 aromatic heterocycles. The van der Waals surface area contributed by atoms with Gasteiger partial charge in [-0.1, -0.05) is 71.1 Å². The maximum Gasteiger partial charge on any atom is 0.332 e. The molecule has 3 heteroatoms. The lowest BCUT2D eigenvalue weighted by Gasteiger charge is -2.09. The fourth-order valence-electron chi connectivity index (χ4n) is 2.16. The number of ether oxygens (including phenoxy) is 1. The Morgan fingerprint density at radius 3 is 1.78 bits per heavy atom. The Labute approximate surface area is 112 Å². The molecule has 0 aliphatic rings. The van der Waals surface area contributed by atoms with Crippen LogP contribution >= 0.6 is 0 Å². The second-order valence-electron chi connectivity index (χ2n) is 5.03. The van der Waals surface area contributed by atoms with Crippen molar-refractivity contribution in [2.75, 3.05) is 7.11 Å². The van der Waals surface area contributed by atoms with Crippen molar-refractivity contribution in [3.05, 3.63) is 0 Å². The number of hydrogen-bond acceptors (Lipinski definition) is 2. The van der Waals surface area contributed by atoms with Gasteiger partial charge in [0.25, 0.3) is 0 Å². The van der Waals surface area contributed by atoms with Crippen molar-refractivity contribution >= 4 is 5.97 Å². The Hall–Kier alpha value is -0.570. The van der Waals surface area contributed by atoms with Gasteiger partial charge in [0, 0.05) is 7.11 Å². The third-order valence-corrected chi connectivity index (χ3v) is 3.38. The van der Waals surface area contributed by atoms with Crippen LogP contribution in [0.1, 0.15) is 77.6 Å². The summed E-state index contributed by atoms with van der Waals surface area (Å²) in [7, 11) is 1.47. The summed E-state index contributed by atoms with van der Waals surface area (Å²) in [5, 5.41) is 8.79. The minimum atomic E-state index is -0.839. The Kier molecular flexibility index (Phi) is 12.5. The van der Waals surface area contributed by atoms with Gasteiger partial charge in [-0.15, -0.1) is 0 Å². The minimum absolute atomic E-state index is 0.612. The number of carboxylic acid groups (broad SMARTS) is 1. The molecule has 0 spiro atoms. The Balaban J connectivity index is 3.18. The molecule has 0 aliphatic heterocycles. The molecule has 0 aromatic carbocycles. The van der Waals surface area contributed by atoms with E-state index in [-0.39, 0.29) is 0 Å². The predicted octanol–water partition coefficient (Wildman–Crippen LogP) is 4.40. The van der Waals surface area contributed by atoms with Gasteiger partial charge in [0.15, 0.2) is 6.10 Å². The first-order valence-corrected chi connectivity index (χ1v) is 7.48. The van der Waals surface area contributed by atoms with Crippen LogP contribution in [0.3, 0.4) is 0 Å². The van der Waals surface area contributed by atoms with Crippen molar-refractivity contribution in [3.63, 3.8) is 0 Å². The van der Waals surface area contributed by atoms with E-state index in [1.807, 2.05) is 0 Å². The standard InChI is InChI=1S/C15H30O3/c1-3-4-5-6-7-8-9-10-11-12-13-14(18-2)15(16)17/h14H,3-13H2,1-2H3,(H,16,17). The van der Waals surface area contributed by atoms with Crippen LogP contribution in [0.25, 0.3) is 0 Å². The minimum Gasteiger partial charge on any atom is -0.479 e. The van der Waals surface area contributed by atoms with Crippen molar-refractivity contribution in [2.24, 2.45) is 0 Å². The normalized spacial score (nSPS) is 12.6. The molecule has 0 aromatic rings. The van der Waals surface area contributed by atoms with E-state index in [1.165, 1.54) is 58.5 Å². The monoisotopic (exact) mass is 258 g/mol. The molecule has 0 bridgehead atoms. The summed E-state index contributed by atoms with van der Waals surface area (Å²) in [4.78, 5) is 10.7. The van der Waals surface area contributed by atoms with E-state index in [0.29, 0.717) is 6.42 Å². The molecule has 18 heavy (non-hydrogen) atoms. The van der Waals surface area contributed by atoms with Crippen LogP contribution in [0.5, 0.6) is 0 Å². The quantitative estimate of drug-likeness (QED) is 0.498. The van der Waals surface area contributed by atoms with Crippen LogP contribution in [0.4, 0.5) is 0 Å². The zero-order valence-corrected chi connectivity index (χ0v) is 12.1. The van der Waals surface area contributed by atoms with Crippen molar-refractivity contribution in [2.45, 2.75) is 83.7 Å². The molecular formula is C15H30O3. The van der Waals surface area contributed by atoms with Crippen LogP contribution in [0, 0.1) is 0 Å². The van der Waals surface area contributed by atoms with Crippen LogP contribution in [-0.4, -0.2) is 24.3 Å². The summed E-state index contributed by atoms with van der Waals surface area (Å²) >= 11 is 0. The lowest BCUT2D eigenvalue weighted by molar-refractivity contribution is -0.148. The molecule has 1 N–H and O–H groups in total. The van der Waals surface area contributed by atoms with Crippen LogP contribution in [-0.2, 0) is 9.53 Å². The van der Waals surface area contributed by atoms with Gasteiger partial charge in [0.05, 0.1) is 0 Å². The van der Waals surface area contributed by atoms with E-state index in [4.69, 9.17) is 9.84 Å². The highest BCUT2D eigenvalue weighted by molar-refractivity contribution is 5.72. The van der Waals surface area contributed by atoms with Gasteiger partial charge in [0.1, 0.15) is 0 Å². The summed E-state index contributed by atoms with van der Waals surface area (Å²) in [6, 6.07) is 0. The Bertz CT molecular complexity index is 192. The van der Waals surface area contributed by atoms with Crippen LogP contribution < -0.4 is 0 Å². The summed E-state index contributed by atoms with van der Waals surface area (Å²) < 4.78 is 4.89. The van der Waals surface area contributed by atoms with Gasteiger partial charge >= 0.3 is 5.97 Å². The highest BCUT2D eigenvalue weighted by atomic mass is 16.5. The molecule has 0 amide bonds. The molecule has 1 unspecified atom stereocenters. The van der Waals surface area contributed by atoms with Gasteiger partial charge in [0.2, 0.25) is 0 Å². The third kappa shape index (κ3) is 10.6. The van der Waals surface area contributed by atoms with E-state index < -0.39 is 12.1 Å². The second-order valence-corrected chi connectivity index (χ2v) is 5.03.